The molecule has 0 saturated heterocycles. The van der Waals surface area contributed by atoms with Crippen LogP contribution in [0.15, 0.2) is 20.1 Å². The maximum atomic E-state index is 12.1. The Bertz CT molecular complexity index is 561. The lowest BCUT2D eigenvalue weighted by molar-refractivity contribution is -0.123. The third-order valence-electron chi connectivity index (χ3n) is 2.05. The van der Waals surface area contributed by atoms with Gasteiger partial charge in [-0.2, -0.15) is 4.72 Å². The van der Waals surface area contributed by atoms with Gasteiger partial charge in [-0.3, -0.25) is 4.79 Å². The molecular formula is C11H17BrN2O3S2. The Kier molecular flexibility index (Phi) is 5.16. The minimum absolute atomic E-state index is 0.169. The molecule has 108 valence electrons. The predicted molar refractivity (Wildman–Crippen MR) is 79.7 cm³/mol. The summed E-state index contributed by atoms with van der Waals surface area (Å²) in [6, 6.07) is 0.817. The highest BCUT2D eigenvalue weighted by Crippen LogP contribution is 2.27. The summed E-state index contributed by atoms with van der Waals surface area (Å²) in [7, 11) is -3.69. The number of halogens is 1. The first kappa shape index (κ1) is 16.6. The van der Waals surface area contributed by atoms with Gasteiger partial charge in [0.1, 0.15) is 4.21 Å². The molecule has 2 N–H and O–H groups in total. The van der Waals surface area contributed by atoms with E-state index in [0.717, 1.165) is 11.3 Å². The van der Waals surface area contributed by atoms with Gasteiger partial charge >= 0.3 is 0 Å². The van der Waals surface area contributed by atoms with Crippen molar-refractivity contribution >= 4 is 43.2 Å². The molecule has 1 rings (SSSR count). The standard InChI is InChI=1S/C11H17BrN2O3S2/c1-7(9(15)13-11(2,3)4)14-19(16,17)10-8(12)5-6-18-10/h5-7,14H,1-4H3,(H,13,15). The average molecular weight is 369 g/mol. The lowest BCUT2D eigenvalue weighted by Gasteiger charge is -2.23. The zero-order valence-corrected chi connectivity index (χ0v) is 14.4. The first-order chi connectivity index (χ1) is 8.53. The predicted octanol–water partition coefficient (Wildman–Crippen LogP) is 2.09. The van der Waals surface area contributed by atoms with Crippen LogP contribution in [0.3, 0.4) is 0 Å². The van der Waals surface area contributed by atoms with Gasteiger partial charge in [-0.05, 0) is 55.1 Å². The average Bonchev–Trinajstić information content (AvgIpc) is 2.61. The molecule has 8 heteroatoms. The summed E-state index contributed by atoms with van der Waals surface area (Å²) in [5.41, 5.74) is -0.402. The smallest absolute Gasteiger partial charge is 0.251 e. The van der Waals surface area contributed by atoms with E-state index >= 15 is 0 Å². The van der Waals surface area contributed by atoms with Crippen LogP contribution in [-0.2, 0) is 14.8 Å². The third-order valence-corrected chi connectivity index (χ3v) is 6.26. The van der Waals surface area contributed by atoms with Crippen molar-refractivity contribution in [2.24, 2.45) is 0 Å². The molecular weight excluding hydrogens is 352 g/mol. The molecule has 0 radical (unpaired) electrons. The summed E-state index contributed by atoms with van der Waals surface area (Å²) < 4.78 is 27.2. The van der Waals surface area contributed by atoms with Crippen LogP contribution in [-0.4, -0.2) is 25.9 Å². The largest absolute Gasteiger partial charge is 0.350 e. The zero-order valence-electron chi connectivity index (χ0n) is 11.2. The second kappa shape index (κ2) is 5.90. The van der Waals surface area contributed by atoms with Gasteiger partial charge < -0.3 is 5.32 Å². The van der Waals surface area contributed by atoms with Crippen LogP contribution in [0.1, 0.15) is 27.7 Å². The fraction of sp³-hybridized carbons (Fsp3) is 0.545. The quantitative estimate of drug-likeness (QED) is 0.854. The second-order valence-electron chi connectivity index (χ2n) is 5.14. The van der Waals surface area contributed by atoms with Gasteiger partial charge in [-0.25, -0.2) is 8.42 Å². The highest BCUT2D eigenvalue weighted by Gasteiger charge is 2.26. The Hall–Kier alpha value is -0.440. The molecule has 1 atom stereocenters. The molecule has 1 aromatic rings. The van der Waals surface area contributed by atoms with Gasteiger partial charge in [-0.15, -0.1) is 11.3 Å². The van der Waals surface area contributed by atoms with E-state index in [1.807, 2.05) is 20.8 Å². The number of hydrogen-bond donors (Lipinski definition) is 2. The minimum atomic E-state index is -3.69. The molecule has 0 spiro atoms. The number of amides is 1. The van der Waals surface area contributed by atoms with Gasteiger partial charge in [0.15, 0.2) is 0 Å². The minimum Gasteiger partial charge on any atom is -0.350 e. The van der Waals surface area contributed by atoms with Crippen LogP contribution < -0.4 is 10.0 Å². The summed E-state index contributed by atoms with van der Waals surface area (Å²) in [5, 5.41) is 4.39. The molecule has 1 amide bonds. The summed E-state index contributed by atoms with van der Waals surface area (Å²) in [5.74, 6) is -0.358. The molecule has 0 aromatic carbocycles. The highest BCUT2D eigenvalue weighted by molar-refractivity contribution is 9.10. The molecule has 1 aromatic heterocycles. The Morgan fingerprint density at radius 3 is 2.42 bits per heavy atom. The van der Waals surface area contributed by atoms with Crippen molar-refractivity contribution in [2.75, 3.05) is 0 Å². The van der Waals surface area contributed by atoms with Crippen molar-refractivity contribution < 1.29 is 13.2 Å². The van der Waals surface area contributed by atoms with E-state index in [4.69, 9.17) is 0 Å². The normalized spacial score (nSPS) is 14.2. The Labute approximate surface area is 126 Å². The second-order valence-corrected chi connectivity index (χ2v) is 8.82. The van der Waals surface area contributed by atoms with Crippen LogP contribution in [0.25, 0.3) is 0 Å². The van der Waals surface area contributed by atoms with Gasteiger partial charge in [0, 0.05) is 10.0 Å². The molecule has 5 nitrogen and oxygen atoms in total. The summed E-state index contributed by atoms with van der Waals surface area (Å²) in [6.45, 7) is 7.02. The Morgan fingerprint density at radius 1 is 1.42 bits per heavy atom. The van der Waals surface area contributed by atoms with Gasteiger partial charge in [-0.1, -0.05) is 0 Å². The van der Waals surface area contributed by atoms with Crippen LogP contribution in [0.4, 0.5) is 0 Å². The van der Waals surface area contributed by atoms with E-state index in [1.54, 1.807) is 11.4 Å². The van der Waals surface area contributed by atoms with Crippen LogP contribution >= 0.6 is 27.3 Å². The third kappa shape index (κ3) is 4.87. The fourth-order valence-electron chi connectivity index (χ4n) is 1.29. The molecule has 1 heterocycles. The maximum absolute atomic E-state index is 12.1. The number of carbonyl (C=O) groups excluding carboxylic acids is 1. The number of sulfonamides is 1. The zero-order chi connectivity index (χ0) is 14.8. The van der Waals surface area contributed by atoms with Gasteiger partial charge in [0.05, 0.1) is 6.04 Å². The molecule has 19 heavy (non-hydrogen) atoms. The number of rotatable bonds is 4. The van der Waals surface area contributed by atoms with E-state index in [2.05, 4.69) is 26.0 Å². The van der Waals surface area contributed by atoms with E-state index in [0.29, 0.717) is 4.47 Å². The molecule has 0 aliphatic rings. The first-order valence-electron chi connectivity index (χ1n) is 5.60. The summed E-state index contributed by atoms with van der Waals surface area (Å²) >= 11 is 4.26. The van der Waals surface area contributed by atoms with Crippen molar-refractivity contribution in [3.05, 3.63) is 15.9 Å². The van der Waals surface area contributed by atoms with Crippen LogP contribution in [0, 0.1) is 0 Å². The SMILES string of the molecule is CC(NS(=O)(=O)c1sccc1Br)C(=O)NC(C)(C)C. The number of thiophene rings is 1. The Balaban J connectivity index is 2.80. The van der Waals surface area contributed by atoms with Crippen LogP contribution in [0.5, 0.6) is 0 Å². The van der Waals surface area contributed by atoms with Crippen molar-refractivity contribution in [1.29, 1.82) is 0 Å². The summed E-state index contributed by atoms with van der Waals surface area (Å²) in [4.78, 5) is 11.8. The van der Waals surface area contributed by atoms with Crippen molar-refractivity contribution in [2.45, 2.75) is 43.5 Å². The monoisotopic (exact) mass is 368 g/mol. The fourth-order valence-corrected chi connectivity index (χ4v) is 4.85. The summed E-state index contributed by atoms with van der Waals surface area (Å²) in [6.07, 6.45) is 0. The molecule has 1 unspecified atom stereocenters. The molecule has 0 saturated carbocycles. The number of hydrogen-bond acceptors (Lipinski definition) is 4. The Morgan fingerprint density at radius 2 is 2.00 bits per heavy atom. The van der Waals surface area contributed by atoms with Crippen molar-refractivity contribution in [3.8, 4) is 0 Å². The maximum Gasteiger partial charge on any atom is 0.251 e. The van der Waals surface area contributed by atoms with Gasteiger partial charge in [0.2, 0.25) is 5.91 Å². The molecule has 0 aliphatic carbocycles. The van der Waals surface area contributed by atoms with E-state index in [9.17, 15) is 13.2 Å². The highest BCUT2D eigenvalue weighted by atomic mass is 79.9. The van der Waals surface area contributed by atoms with E-state index in [1.165, 1.54) is 6.92 Å². The molecule has 0 bridgehead atoms. The lowest BCUT2D eigenvalue weighted by Crippen LogP contribution is -2.50. The number of carbonyl (C=O) groups is 1. The first-order valence-corrected chi connectivity index (χ1v) is 8.76. The van der Waals surface area contributed by atoms with Crippen LogP contribution in [0.2, 0.25) is 0 Å². The van der Waals surface area contributed by atoms with E-state index < -0.39 is 21.6 Å². The molecule has 0 aliphatic heterocycles. The molecule has 0 fully saturated rings. The van der Waals surface area contributed by atoms with Crippen molar-refractivity contribution in [3.63, 3.8) is 0 Å². The van der Waals surface area contributed by atoms with Crippen molar-refractivity contribution in [1.82, 2.24) is 10.0 Å². The lowest BCUT2D eigenvalue weighted by atomic mass is 10.1. The van der Waals surface area contributed by atoms with Gasteiger partial charge in [0.25, 0.3) is 10.0 Å². The topological polar surface area (TPSA) is 75.3 Å². The van der Waals surface area contributed by atoms with E-state index in [-0.39, 0.29) is 10.1 Å². The number of nitrogens with one attached hydrogen (secondary N) is 2.